The zero-order valence-electron chi connectivity index (χ0n) is 11.2. The molecule has 3 nitrogen and oxygen atoms in total. The first kappa shape index (κ1) is 14.3. The molecule has 0 spiro atoms. The molecule has 0 atom stereocenters. The van der Waals surface area contributed by atoms with Gasteiger partial charge in [-0.2, -0.15) is 0 Å². The summed E-state index contributed by atoms with van der Waals surface area (Å²) in [6.07, 6.45) is 0. The first-order valence-corrected chi connectivity index (χ1v) is 7.21. The van der Waals surface area contributed by atoms with Gasteiger partial charge in [-0.25, -0.2) is 0 Å². The van der Waals surface area contributed by atoms with Crippen LogP contribution in [0.3, 0.4) is 0 Å². The Hall–Kier alpha value is -2.07. The molecule has 0 aromatic heterocycles. The van der Waals surface area contributed by atoms with Crippen molar-refractivity contribution in [2.45, 2.75) is 0 Å². The fourth-order valence-electron chi connectivity index (χ4n) is 1.68. The van der Waals surface area contributed by atoms with Gasteiger partial charge in [-0.05, 0) is 12.1 Å². The van der Waals surface area contributed by atoms with Crippen molar-refractivity contribution in [3.8, 4) is 0 Å². The van der Waals surface area contributed by atoms with Crippen LogP contribution in [0.5, 0.6) is 0 Å². The van der Waals surface area contributed by atoms with Gasteiger partial charge < -0.3 is 4.90 Å². The first-order valence-electron chi connectivity index (χ1n) is 6.22. The molecule has 0 fully saturated rings. The summed E-state index contributed by atoms with van der Waals surface area (Å²) < 4.78 is 0. The Bertz CT molecular complexity index is 584. The van der Waals surface area contributed by atoms with Gasteiger partial charge in [0.25, 0.3) is 0 Å². The largest absolute Gasteiger partial charge is 0.315 e. The average molecular weight is 285 g/mol. The smallest absolute Gasteiger partial charge is 0.237 e. The number of amides is 1. The lowest BCUT2D eigenvalue weighted by atomic mass is 10.2. The van der Waals surface area contributed by atoms with Gasteiger partial charge in [-0.1, -0.05) is 60.3 Å². The third kappa shape index (κ3) is 3.71. The van der Waals surface area contributed by atoms with Crippen molar-refractivity contribution in [3.05, 3.63) is 66.2 Å². The fraction of sp³-hybridized carbons (Fsp3) is 0.125. The molecule has 4 heteroatoms. The number of hydrogen-bond acceptors (Lipinski definition) is 3. The Labute approximate surface area is 122 Å². The summed E-state index contributed by atoms with van der Waals surface area (Å²) in [5.74, 6) is 0.0459. The summed E-state index contributed by atoms with van der Waals surface area (Å²) in [7, 11) is 1.71. The van der Waals surface area contributed by atoms with Crippen molar-refractivity contribution < 1.29 is 9.59 Å². The molecular weight excluding hydrogens is 270 g/mol. The SMILES string of the molecule is CN(C(=O)CSC(=O)c1ccccc1)c1ccccc1. The van der Waals surface area contributed by atoms with Gasteiger partial charge in [0.05, 0.1) is 5.75 Å². The predicted molar refractivity (Wildman–Crippen MR) is 83.1 cm³/mol. The fourth-order valence-corrected chi connectivity index (χ4v) is 2.43. The lowest BCUT2D eigenvalue weighted by Gasteiger charge is -2.16. The minimum Gasteiger partial charge on any atom is -0.315 e. The van der Waals surface area contributed by atoms with Gasteiger partial charge in [0, 0.05) is 18.3 Å². The van der Waals surface area contributed by atoms with Crippen LogP contribution in [-0.4, -0.2) is 23.8 Å². The van der Waals surface area contributed by atoms with Gasteiger partial charge in [-0.3, -0.25) is 9.59 Å². The zero-order valence-corrected chi connectivity index (χ0v) is 12.0. The maximum Gasteiger partial charge on any atom is 0.237 e. The highest BCUT2D eigenvalue weighted by Crippen LogP contribution is 2.16. The second kappa shape index (κ2) is 6.91. The Morgan fingerprint density at radius 3 is 2.10 bits per heavy atom. The van der Waals surface area contributed by atoms with Crippen molar-refractivity contribution in [2.75, 3.05) is 17.7 Å². The van der Waals surface area contributed by atoms with Crippen LogP contribution in [0.25, 0.3) is 0 Å². The van der Waals surface area contributed by atoms with E-state index in [2.05, 4.69) is 0 Å². The molecule has 0 aliphatic rings. The van der Waals surface area contributed by atoms with E-state index in [1.54, 1.807) is 24.1 Å². The Morgan fingerprint density at radius 2 is 1.50 bits per heavy atom. The highest BCUT2D eigenvalue weighted by Gasteiger charge is 2.14. The second-order valence-corrected chi connectivity index (χ2v) is 5.18. The van der Waals surface area contributed by atoms with Crippen molar-refractivity contribution >= 4 is 28.5 Å². The van der Waals surface area contributed by atoms with E-state index in [4.69, 9.17) is 0 Å². The number of anilines is 1. The normalized spacial score (nSPS) is 10.1. The molecule has 102 valence electrons. The monoisotopic (exact) mass is 285 g/mol. The molecule has 2 aromatic carbocycles. The highest BCUT2D eigenvalue weighted by atomic mass is 32.2. The van der Waals surface area contributed by atoms with E-state index in [0.717, 1.165) is 17.4 Å². The minimum atomic E-state index is -0.0921. The van der Waals surface area contributed by atoms with Gasteiger partial charge in [0.2, 0.25) is 11.0 Å². The number of hydrogen-bond donors (Lipinski definition) is 0. The summed E-state index contributed by atoms with van der Waals surface area (Å²) in [6.45, 7) is 0. The molecule has 0 radical (unpaired) electrons. The molecule has 1 amide bonds. The maximum atomic E-state index is 12.0. The summed E-state index contributed by atoms with van der Waals surface area (Å²) in [5.41, 5.74) is 1.44. The van der Waals surface area contributed by atoms with E-state index in [-0.39, 0.29) is 16.8 Å². The van der Waals surface area contributed by atoms with Crippen LogP contribution in [0.2, 0.25) is 0 Å². The van der Waals surface area contributed by atoms with Crippen LogP contribution in [-0.2, 0) is 4.79 Å². The average Bonchev–Trinajstić information content (AvgIpc) is 2.53. The summed E-state index contributed by atoms with van der Waals surface area (Å²) in [6, 6.07) is 18.4. The number of thioether (sulfide) groups is 1. The van der Waals surface area contributed by atoms with Crippen LogP contribution < -0.4 is 4.90 Å². The Kier molecular flexibility index (Phi) is 4.96. The molecule has 0 N–H and O–H groups in total. The molecule has 0 heterocycles. The molecule has 0 unspecified atom stereocenters. The summed E-state index contributed by atoms with van der Waals surface area (Å²) in [5, 5.41) is -0.0830. The van der Waals surface area contributed by atoms with Crippen LogP contribution in [0.1, 0.15) is 10.4 Å². The predicted octanol–water partition coefficient (Wildman–Crippen LogP) is 3.22. The van der Waals surface area contributed by atoms with Gasteiger partial charge in [-0.15, -0.1) is 0 Å². The van der Waals surface area contributed by atoms with E-state index < -0.39 is 0 Å². The van der Waals surface area contributed by atoms with Gasteiger partial charge in [0.15, 0.2) is 0 Å². The molecule has 2 rings (SSSR count). The molecule has 0 bridgehead atoms. The van der Waals surface area contributed by atoms with Gasteiger partial charge in [0.1, 0.15) is 0 Å². The molecule has 0 aliphatic carbocycles. The highest BCUT2D eigenvalue weighted by molar-refractivity contribution is 8.14. The topological polar surface area (TPSA) is 37.4 Å². The quantitative estimate of drug-likeness (QED) is 0.865. The standard InChI is InChI=1S/C16H15NO2S/c1-17(14-10-6-3-7-11-14)15(18)12-20-16(19)13-8-4-2-5-9-13/h2-11H,12H2,1H3. The zero-order chi connectivity index (χ0) is 14.4. The van der Waals surface area contributed by atoms with Crippen molar-refractivity contribution in [1.29, 1.82) is 0 Å². The van der Waals surface area contributed by atoms with E-state index in [9.17, 15) is 9.59 Å². The number of rotatable bonds is 4. The molecule has 2 aromatic rings. The number of nitrogens with zero attached hydrogens (tertiary/aromatic N) is 1. The van der Waals surface area contributed by atoms with Crippen molar-refractivity contribution in [3.63, 3.8) is 0 Å². The third-order valence-corrected chi connectivity index (χ3v) is 3.74. The van der Waals surface area contributed by atoms with E-state index in [0.29, 0.717) is 5.56 Å². The summed E-state index contributed by atoms with van der Waals surface area (Å²) in [4.78, 5) is 25.5. The van der Waals surface area contributed by atoms with Crippen LogP contribution >= 0.6 is 11.8 Å². The molecule has 0 saturated heterocycles. The number of carbonyl (C=O) groups excluding carboxylic acids is 2. The number of benzene rings is 2. The summed E-state index contributed by atoms with van der Waals surface area (Å²) >= 11 is 1.03. The lowest BCUT2D eigenvalue weighted by Crippen LogP contribution is -2.28. The molecule has 0 saturated carbocycles. The minimum absolute atomic E-state index is 0.0830. The molecular formula is C16H15NO2S. The third-order valence-electron chi connectivity index (χ3n) is 2.85. The maximum absolute atomic E-state index is 12.0. The van der Waals surface area contributed by atoms with Crippen LogP contribution in [0, 0.1) is 0 Å². The second-order valence-electron chi connectivity index (χ2n) is 4.23. The number of para-hydroxylation sites is 1. The molecule has 0 aliphatic heterocycles. The van der Waals surface area contributed by atoms with E-state index in [1.165, 1.54) is 0 Å². The van der Waals surface area contributed by atoms with Crippen LogP contribution in [0.15, 0.2) is 60.7 Å². The van der Waals surface area contributed by atoms with E-state index >= 15 is 0 Å². The first-order chi connectivity index (χ1) is 9.68. The lowest BCUT2D eigenvalue weighted by molar-refractivity contribution is -0.115. The van der Waals surface area contributed by atoms with E-state index in [1.807, 2.05) is 48.5 Å². The van der Waals surface area contributed by atoms with Crippen LogP contribution in [0.4, 0.5) is 5.69 Å². The molecule has 20 heavy (non-hydrogen) atoms. The van der Waals surface area contributed by atoms with Gasteiger partial charge >= 0.3 is 0 Å². The van der Waals surface area contributed by atoms with Crippen molar-refractivity contribution in [2.24, 2.45) is 0 Å². The number of carbonyl (C=O) groups is 2. The van der Waals surface area contributed by atoms with Crippen molar-refractivity contribution in [1.82, 2.24) is 0 Å². The Morgan fingerprint density at radius 1 is 0.950 bits per heavy atom. The Balaban J connectivity index is 1.91.